The van der Waals surface area contributed by atoms with E-state index in [1.165, 1.54) is 5.01 Å². The maximum atomic E-state index is 11.7. The molecule has 1 aromatic rings. The van der Waals surface area contributed by atoms with Gasteiger partial charge in [-0.15, -0.1) is 0 Å². The van der Waals surface area contributed by atoms with Crippen LogP contribution in [0, 0.1) is 12.0 Å². The summed E-state index contributed by atoms with van der Waals surface area (Å²) in [6, 6.07) is 10.3. The van der Waals surface area contributed by atoms with Crippen molar-refractivity contribution in [2.75, 3.05) is 6.54 Å². The van der Waals surface area contributed by atoms with Crippen molar-refractivity contribution in [2.45, 2.75) is 26.2 Å². The maximum Gasteiger partial charge on any atom is 0.161 e. The summed E-state index contributed by atoms with van der Waals surface area (Å²) < 4.78 is 0. The van der Waals surface area contributed by atoms with E-state index in [0.29, 0.717) is 11.4 Å². The van der Waals surface area contributed by atoms with Gasteiger partial charge < -0.3 is 0 Å². The summed E-state index contributed by atoms with van der Waals surface area (Å²) in [5.74, 6) is 3.13. The lowest BCUT2D eigenvalue weighted by Crippen LogP contribution is -2.30. The number of nitrogens with zero attached hydrogens (tertiary/aromatic N) is 2. The zero-order valence-corrected chi connectivity index (χ0v) is 11.6. The van der Waals surface area contributed by atoms with Crippen LogP contribution in [-0.4, -0.2) is 23.0 Å². The summed E-state index contributed by atoms with van der Waals surface area (Å²) in [6.07, 6.45) is 2.17. The molecular weight excluding hydrogens is 260 g/mol. The fourth-order valence-electron chi connectivity index (χ4n) is 1.76. The molecule has 1 aliphatic heterocycles. The summed E-state index contributed by atoms with van der Waals surface area (Å²) in [7, 11) is 0. The Hall–Kier alpha value is -1.79. The molecule has 98 valence electrons. The van der Waals surface area contributed by atoms with Crippen molar-refractivity contribution in [1.82, 2.24) is 5.01 Å². The summed E-state index contributed by atoms with van der Waals surface area (Å²) in [6.45, 7) is 2.34. The molecule has 2 rings (SSSR count). The van der Waals surface area contributed by atoms with E-state index in [9.17, 15) is 4.79 Å². The van der Waals surface area contributed by atoms with Gasteiger partial charge in [0.05, 0.1) is 12.1 Å². The van der Waals surface area contributed by atoms with E-state index in [1.54, 1.807) is 12.1 Å². The number of carbonyl (C=O) groups is 1. The topological polar surface area (TPSA) is 32.7 Å². The average molecular weight is 275 g/mol. The van der Waals surface area contributed by atoms with Gasteiger partial charge in [0.2, 0.25) is 0 Å². The third-order valence-electron chi connectivity index (χ3n) is 2.69. The highest BCUT2D eigenvalue weighted by Gasteiger charge is 2.19. The van der Waals surface area contributed by atoms with E-state index < -0.39 is 0 Å². The van der Waals surface area contributed by atoms with Gasteiger partial charge in [0.1, 0.15) is 6.54 Å². The highest BCUT2D eigenvalue weighted by Crippen LogP contribution is 2.15. The van der Waals surface area contributed by atoms with Gasteiger partial charge in [0.15, 0.2) is 5.78 Å². The van der Waals surface area contributed by atoms with Crippen molar-refractivity contribution in [1.29, 1.82) is 0 Å². The molecule has 0 bridgehead atoms. The van der Waals surface area contributed by atoms with Gasteiger partial charge in [-0.3, -0.25) is 4.79 Å². The Kier molecular flexibility index (Phi) is 4.59. The zero-order valence-electron chi connectivity index (χ0n) is 10.8. The first kappa shape index (κ1) is 13.6. The highest BCUT2D eigenvalue weighted by molar-refractivity contribution is 6.30. The molecule has 0 atom stereocenters. The van der Waals surface area contributed by atoms with Gasteiger partial charge in [-0.1, -0.05) is 36.6 Å². The fourth-order valence-corrected chi connectivity index (χ4v) is 1.89. The number of halogens is 1. The molecule has 1 aromatic carbocycles. The minimum absolute atomic E-state index is 0.130. The van der Waals surface area contributed by atoms with Crippen molar-refractivity contribution >= 4 is 23.1 Å². The van der Waals surface area contributed by atoms with Crippen LogP contribution in [0.1, 0.15) is 31.7 Å². The van der Waals surface area contributed by atoms with Crippen molar-refractivity contribution in [3.63, 3.8) is 0 Å². The second-order valence-corrected chi connectivity index (χ2v) is 4.80. The van der Waals surface area contributed by atoms with Crippen LogP contribution in [0.25, 0.3) is 0 Å². The molecule has 0 amide bonds. The molecule has 0 saturated carbocycles. The van der Waals surface area contributed by atoms with Crippen molar-refractivity contribution < 1.29 is 4.79 Å². The molecule has 0 radical (unpaired) electrons. The molecule has 4 heteroatoms. The van der Waals surface area contributed by atoms with Crippen LogP contribution in [0.15, 0.2) is 29.4 Å². The van der Waals surface area contributed by atoms with E-state index in [2.05, 4.69) is 24.0 Å². The summed E-state index contributed by atoms with van der Waals surface area (Å²) in [5.41, 5.74) is 1.67. The number of rotatable bonds is 2. The number of unbranched alkanes of at least 4 members (excludes halogenated alkanes) is 1. The fraction of sp³-hybridized carbons (Fsp3) is 0.333. The van der Waals surface area contributed by atoms with E-state index in [1.807, 2.05) is 12.1 Å². The smallest absolute Gasteiger partial charge is 0.161 e. The quantitative estimate of drug-likeness (QED) is 0.777. The molecule has 0 N–H and O–H groups in total. The number of carbonyl (C=O) groups excluding carboxylic acids is 1. The first-order chi connectivity index (χ1) is 9.19. The van der Waals surface area contributed by atoms with Crippen molar-refractivity contribution in [2.24, 2.45) is 5.10 Å². The number of Topliss-reactive ketones (excluding diaryl/α,β-unsaturated/α-hetero) is 1. The van der Waals surface area contributed by atoms with Crippen LogP contribution in [0.4, 0.5) is 0 Å². The first-order valence-electron chi connectivity index (χ1n) is 6.30. The molecule has 0 unspecified atom stereocenters. The van der Waals surface area contributed by atoms with Crippen LogP contribution in [0.5, 0.6) is 0 Å². The second kappa shape index (κ2) is 6.40. The lowest BCUT2D eigenvalue weighted by atomic mass is 10.0. The summed E-state index contributed by atoms with van der Waals surface area (Å²) in [4.78, 5) is 11.7. The largest absolute Gasteiger partial charge is 0.297 e. The third-order valence-corrected chi connectivity index (χ3v) is 2.94. The Bertz CT molecular complexity index is 552. The first-order valence-corrected chi connectivity index (χ1v) is 6.68. The number of hydrogen-bond donors (Lipinski definition) is 0. The van der Waals surface area contributed by atoms with Crippen LogP contribution in [-0.2, 0) is 4.79 Å². The van der Waals surface area contributed by atoms with E-state index in [-0.39, 0.29) is 12.3 Å². The SMILES string of the molecule is CCCC#CN1CC(=O)CC(c2ccc(Cl)cc2)=N1. The molecule has 0 fully saturated rings. The van der Waals surface area contributed by atoms with Gasteiger partial charge in [0, 0.05) is 17.5 Å². The van der Waals surface area contributed by atoms with Gasteiger partial charge in [-0.05, 0) is 24.1 Å². The van der Waals surface area contributed by atoms with Crippen molar-refractivity contribution in [3.8, 4) is 12.0 Å². The van der Waals surface area contributed by atoms with Gasteiger partial charge in [-0.25, -0.2) is 5.01 Å². The Morgan fingerprint density at radius 2 is 2.11 bits per heavy atom. The number of benzene rings is 1. The Balaban J connectivity index is 2.21. The molecule has 3 nitrogen and oxygen atoms in total. The zero-order chi connectivity index (χ0) is 13.7. The molecule has 19 heavy (non-hydrogen) atoms. The molecule has 0 aromatic heterocycles. The Morgan fingerprint density at radius 1 is 1.37 bits per heavy atom. The standard InChI is InChI=1S/C15H15ClN2O/c1-2-3-4-9-18-11-14(19)10-15(17-18)12-5-7-13(16)8-6-12/h5-8H,2-3,10-11H2,1H3. The lowest BCUT2D eigenvalue weighted by Gasteiger charge is -2.19. The van der Waals surface area contributed by atoms with Gasteiger partial charge >= 0.3 is 0 Å². The predicted molar refractivity (Wildman–Crippen MR) is 77.0 cm³/mol. The highest BCUT2D eigenvalue weighted by atomic mass is 35.5. The van der Waals surface area contributed by atoms with E-state index in [0.717, 1.165) is 24.1 Å². The number of hydrogen-bond acceptors (Lipinski definition) is 3. The van der Waals surface area contributed by atoms with Crippen LogP contribution in [0.3, 0.4) is 0 Å². The maximum absolute atomic E-state index is 11.7. The van der Waals surface area contributed by atoms with E-state index >= 15 is 0 Å². The third kappa shape index (κ3) is 3.84. The molecule has 0 aliphatic carbocycles. The monoisotopic (exact) mass is 274 g/mol. The minimum Gasteiger partial charge on any atom is -0.297 e. The molecular formula is C15H15ClN2O. The summed E-state index contributed by atoms with van der Waals surface area (Å²) >= 11 is 5.85. The summed E-state index contributed by atoms with van der Waals surface area (Å²) in [5, 5.41) is 6.62. The predicted octanol–water partition coefficient (Wildman–Crippen LogP) is 3.08. The molecule has 0 spiro atoms. The molecule has 1 heterocycles. The Morgan fingerprint density at radius 3 is 2.79 bits per heavy atom. The molecule has 0 saturated heterocycles. The van der Waals surface area contributed by atoms with Crippen LogP contribution >= 0.6 is 11.6 Å². The second-order valence-electron chi connectivity index (χ2n) is 4.37. The lowest BCUT2D eigenvalue weighted by molar-refractivity contribution is -0.118. The van der Waals surface area contributed by atoms with E-state index in [4.69, 9.17) is 11.6 Å². The van der Waals surface area contributed by atoms with Crippen LogP contribution in [0.2, 0.25) is 5.02 Å². The number of ketones is 1. The Labute approximate surface area is 118 Å². The minimum atomic E-state index is 0.130. The number of hydrazone groups is 1. The van der Waals surface area contributed by atoms with Gasteiger partial charge in [0.25, 0.3) is 0 Å². The molecule has 1 aliphatic rings. The van der Waals surface area contributed by atoms with Crippen LogP contribution < -0.4 is 0 Å². The normalized spacial score (nSPS) is 14.7. The van der Waals surface area contributed by atoms with Crippen molar-refractivity contribution in [3.05, 3.63) is 34.9 Å². The van der Waals surface area contributed by atoms with Gasteiger partial charge in [-0.2, -0.15) is 5.10 Å². The average Bonchev–Trinajstić information content (AvgIpc) is 2.39.